The van der Waals surface area contributed by atoms with Crippen LogP contribution in [-0.2, 0) is 6.54 Å². The standard InChI is InChI=1S/C15H26N6O/c1-10-18-14-12(6-4-8-21(14)20-10)19-15(16-2)17-9-11-5-3-7-13(11)22/h11-13,22H,3-9H2,1-2H3,(H2,16,17,19). The van der Waals surface area contributed by atoms with Gasteiger partial charge in [0.2, 0.25) is 0 Å². The molecule has 7 heteroatoms. The van der Waals surface area contributed by atoms with Crippen LogP contribution in [0.25, 0.3) is 0 Å². The molecule has 0 spiro atoms. The summed E-state index contributed by atoms with van der Waals surface area (Å²) in [5.74, 6) is 2.92. The number of aliphatic imine (C=N–C) groups is 1. The Morgan fingerprint density at radius 3 is 2.95 bits per heavy atom. The minimum absolute atomic E-state index is 0.148. The van der Waals surface area contributed by atoms with Gasteiger partial charge in [0.1, 0.15) is 11.6 Å². The largest absolute Gasteiger partial charge is 0.393 e. The number of aliphatic hydroxyl groups excluding tert-OH is 1. The van der Waals surface area contributed by atoms with Gasteiger partial charge in [-0.1, -0.05) is 6.42 Å². The second kappa shape index (κ2) is 6.64. The Labute approximate surface area is 131 Å². The molecule has 0 amide bonds. The van der Waals surface area contributed by atoms with E-state index in [2.05, 4.69) is 25.7 Å². The second-order valence-corrected chi connectivity index (χ2v) is 6.29. The lowest BCUT2D eigenvalue weighted by atomic mass is 10.1. The summed E-state index contributed by atoms with van der Waals surface area (Å²) in [7, 11) is 1.78. The molecular formula is C15H26N6O. The van der Waals surface area contributed by atoms with Crippen molar-refractivity contribution in [1.29, 1.82) is 0 Å². The first kappa shape index (κ1) is 15.3. The molecule has 2 aliphatic rings. The lowest BCUT2D eigenvalue weighted by molar-refractivity contribution is 0.134. The molecular weight excluding hydrogens is 280 g/mol. The van der Waals surface area contributed by atoms with E-state index in [0.717, 1.165) is 62.8 Å². The minimum atomic E-state index is -0.175. The van der Waals surface area contributed by atoms with Gasteiger partial charge in [-0.2, -0.15) is 5.10 Å². The molecule has 2 heterocycles. The monoisotopic (exact) mass is 306 g/mol. The number of guanidine groups is 1. The summed E-state index contributed by atoms with van der Waals surface area (Å²) in [6, 6.07) is 0.148. The predicted octanol–water partition coefficient (Wildman–Crippen LogP) is 0.747. The molecule has 0 bridgehead atoms. The van der Waals surface area contributed by atoms with Crippen LogP contribution >= 0.6 is 0 Å². The summed E-state index contributed by atoms with van der Waals surface area (Å²) in [6.07, 6.45) is 5.07. The Morgan fingerprint density at radius 1 is 1.36 bits per heavy atom. The molecule has 3 unspecified atom stereocenters. The van der Waals surface area contributed by atoms with Gasteiger partial charge in [-0.05, 0) is 32.6 Å². The normalized spacial score (nSPS) is 28.5. The fraction of sp³-hybridized carbons (Fsp3) is 0.800. The average molecular weight is 306 g/mol. The first-order chi connectivity index (χ1) is 10.7. The van der Waals surface area contributed by atoms with E-state index in [9.17, 15) is 5.11 Å². The summed E-state index contributed by atoms with van der Waals surface area (Å²) >= 11 is 0. The van der Waals surface area contributed by atoms with E-state index in [1.807, 2.05) is 11.6 Å². The van der Waals surface area contributed by atoms with Crippen molar-refractivity contribution in [2.24, 2.45) is 10.9 Å². The van der Waals surface area contributed by atoms with Crippen molar-refractivity contribution in [2.75, 3.05) is 13.6 Å². The van der Waals surface area contributed by atoms with Crippen molar-refractivity contribution in [3.05, 3.63) is 11.6 Å². The highest BCUT2D eigenvalue weighted by atomic mass is 16.3. The molecule has 1 fully saturated rings. The average Bonchev–Trinajstić information content (AvgIpc) is 3.08. The number of rotatable bonds is 3. The first-order valence-corrected chi connectivity index (χ1v) is 8.24. The Morgan fingerprint density at radius 2 is 2.23 bits per heavy atom. The molecule has 122 valence electrons. The second-order valence-electron chi connectivity index (χ2n) is 6.29. The number of fused-ring (bicyclic) bond motifs is 1. The lowest BCUT2D eigenvalue weighted by Gasteiger charge is -2.25. The van der Waals surface area contributed by atoms with E-state index < -0.39 is 0 Å². The van der Waals surface area contributed by atoms with Crippen LogP contribution in [0.3, 0.4) is 0 Å². The molecule has 1 aromatic rings. The fourth-order valence-corrected chi connectivity index (χ4v) is 3.45. The van der Waals surface area contributed by atoms with E-state index >= 15 is 0 Å². The Balaban J connectivity index is 1.59. The molecule has 3 rings (SSSR count). The Hall–Kier alpha value is -1.63. The van der Waals surface area contributed by atoms with Crippen LogP contribution in [0.15, 0.2) is 4.99 Å². The van der Waals surface area contributed by atoms with Gasteiger partial charge in [0.25, 0.3) is 0 Å². The number of nitrogens with zero attached hydrogens (tertiary/aromatic N) is 4. The van der Waals surface area contributed by atoms with Crippen LogP contribution in [0, 0.1) is 12.8 Å². The summed E-state index contributed by atoms with van der Waals surface area (Å²) in [6.45, 7) is 3.63. The number of hydrogen-bond donors (Lipinski definition) is 3. The summed E-state index contributed by atoms with van der Waals surface area (Å²) in [4.78, 5) is 8.84. The van der Waals surface area contributed by atoms with E-state index in [4.69, 9.17) is 0 Å². The summed E-state index contributed by atoms with van der Waals surface area (Å²) in [5.41, 5.74) is 0. The van der Waals surface area contributed by atoms with Gasteiger partial charge in [-0.25, -0.2) is 9.67 Å². The smallest absolute Gasteiger partial charge is 0.191 e. The number of aromatic nitrogens is 3. The fourth-order valence-electron chi connectivity index (χ4n) is 3.45. The van der Waals surface area contributed by atoms with Crippen molar-refractivity contribution in [3.63, 3.8) is 0 Å². The quantitative estimate of drug-likeness (QED) is 0.566. The Bertz CT molecular complexity index is 540. The van der Waals surface area contributed by atoms with Gasteiger partial charge in [0, 0.05) is 26.1 Å². The van der Waals surface area contributed by atoms with Crippen LogP contribution in [0.2, 0.25) is 0 Å². The summed E-state index contributed by atoms with van der Waals surface area (Å²) in [5, 5.41) is 21.1. The summed E-state index contributed by atoms with van der Waals surface area (Å²) < 4.78 is 1.99. The minimum Gasteiger partial charge on any atom is -0.393 e. The third-order valence-corrected chi connectivity index (χ3v) is 4.67. The van der Waals surface area contributed by atoms with Crippen molar-refractivity contribution < 1.29 is 5.11 Å². The van der Waals surface area contributed by atoms with Crippen molar-refractivity contribution in [1.82, 2.24) is 25.4 Å². The highest BCUT2D eigenvalue weighted by Crippen LogP contribution is 2.25. The number of nitrogens with one attached hydrogen (secondary N) is 2. The van der Waals surface area contributed by atoms with Crippen LogP contribution in [0.1, 0.15) is 49.8 Å². The van der Waals surface area contributed by atoms with Gasteiger partial charge >= 0.3 is 0 Å². The van der Waals surface area contributed by atoms with Crippen LogP contribution in [0.4, 0.5) is 0 Å². The van der Waals surface area contributed by atoms with Crippen LogP contribution < -0.4 is 10.6 Å². The zero-order valence-corrected chi connectivity index (χ0v) is 13.4. The molecule has 3 atom stereocenters. The molecule has 1 aliphatic carbocycles. The number of hydrogen-bond acceptors (Lipinski definition) is 4. The van der Waals surface area contributed by atoms with Gasteiger partial charge in [0.15, 0.2) is 5.96 Å². The first-order valence-electron chi connectivity index (χ1n) is 8.24. The van der Waals surface area contributed by atoms with Gasteiger partial charge < -0.3 is 15.7 Å². The van der Waals surface area contributed by atoms with E-state index in [1.54, 1.807) is 7.05 Å². The molecule has 7 nitrogen and oxygen atoms in total. The maximum Gasteiger partial charge on any atom is 0.191 e. The van der Waals surface area contributed by atoms with Gasteiger partial charge in [-0.3, -0.25) is 4.99 Å². The molecule has 0 radical (unpaired) electrons. The highest BCUT2D eigenvalue weighted by Gasteiger charge is 2.27. The van der Waals surface area contributed by atoms with E-state index in [0.29, 0.717) is 5.92 Å². The van der Waals surface area contributed by atoms with E-state index in [1.165, 1.54) is 0 Å². The topological polar surface area (TPSA) is 87.4 Å². The third-order valence-electron chi connectivity index (χ3n) is 4.67. The molecule has 1 aromatic heterocycles. The van der Waals surface area contributed by atoms with Gasteiger partial charge in [0.05, 0.1) is 12.1 Å². The molecule has 1 saturated carbocycles. The lowest BCUT2D eigenvalue weighted by Crippen LogP contribution is -2.44. The van der Waals surface area contributed by atoms with E-state index in [-0.39, 0.29) is 12.1 Å². The molecule has 1 aliphatic heterocycles. The van der Waals surface area contributed by atoms with Crippen LogP contribution in [-0.4, -0.2) is 45.5 Å². The molecule has 0 aromatic carbocycles. The predicted molar refractivity (Wildman–Crippen MR) is 84.6 cm³/mol. The van der Waals surface area contributed by atoms with Crippen molar-refractivity contribution in [2.45, 2.75) is 57.7 Å². The maximum atomic E-state index is 9.91. The zero-order chi connectivity index (χ0) is 15.5. The Kier molecular flexibility index (Phi) is 4.61. The molecule has 22 heavy (non-hydrogen) atoms. The van der Waals surface area contributed by atoms with Crippen molar-refractivity contribution >= 4 is 5.96 Å². The third kappa shape index (κ3) is 3.24. The number of aryl methyl sites for hydroxylation is 2. The SMILES string of the molecule is CN=C(NCC1CCCC1O)NC1CCCn2nc(C)nc21. The zero-order valence-electron chi connectivity index (χ0n) is 13.4. The molecule has 3 N–H and O–H groups in total. The van der Waals surface area contributed by atoms with Crippen molar-refractivity contribution in [3.8, 4) is 0 Å². The van der Waals surface area contributed by atoms with Gasteiger partial charge in [-0.15, -0.1) is 0 Å². The highest BCUT2D eigenvalue weighted by molar-refractivity contribution is 5.80. The van der Waals surface area contributed by atoms with Crippen LogP contribution in [0.5, 0.6) is 0 Å². The number of aliphatic hydroxyl groups is 1. The molecule has 0 saturated heterocycles. The maximum absolute atomic E-state index is 9.91.